The SMILES string of the molecule is CC(C)(C)NC(=O)O[C@H]1CC[C@@H](Nc2nc(Cl)nc3ccsc23)CC1. The third-order valence-corrected chi connectivity index (χ3v) is 5.12. The number of rotatable bonds is 3. The van der Waals surface area contributed by atoms with Gasteiger partial charge in [0, 0.05) is 11.6 Å². The molecule has 0 aromatic carbocycles. The second-order valence-corrected chi connectivity index (χ2v) is 8.63. The van der Waals surface area contributed by atoms with Crippen LogP contribution in [0.25, 0.3) is 10.2 Å². The summed E-state index contributed by atoms with van der Waals surface area (Å²) in [4.78, 5) is 20.4. The molecule has 2 N–H and O–H groups in total. The molecule has 0 radical (unpaired) electrons. The summed E-state index contributed by atoms with van der Waals surface area (Å²) in [5, 5.41) is 8.56. The van der Waals surface area contributed by atoms with Gasteiger partial charge in [0.2, 0.25) is 5.28 Å². The predicted molar refractivity (Wildman–Crippen MR) is 101 cm³/mol. The van der Waals surface area contributed by atoms with Crippen molar-refractivity contribution >= 4 is 45.1 Å². The summed E-state index contributed by atoms with van der Waals surface area (Å²) in [5.41, 5.74) is 0.581. The van der Waals surface area contributed by atoms with Gasteiger partial charge in [-0.3, -0.25) is 0 Å². The van der Waals surface area contributed by atoms with Gasteiger partial charge in [-0.2, -0.15) is 4.98 Å². The highest BCUT2D eigenvalue weighted by Gasteiger charge is 2.26. The zero-order valence-electron chi connectivity index (χ0n) is 14.6. The molecule has 1 amide bonds. The summed E-state index contributed by atoms with van der Waals surface area (Å²) < 4.78 is 6.54. The molecule has 0 unspecified atom stereocenters. The molecular weight excluding hydrogens is 360 g/mol. The smallest absolute Gasteiger partial charge is 0.407 e. The largest absolute Gasteiger partial charge is 0.446 e. The lowest BCUT2D eigenvalue weighted by molar-refractivity contribution is 0.0682. The van der Waals surface area contributed by atoms with Crippen molar-refractivity contribution < 1.29 is 9.53 Å². The number of nitrogens with zero attached hydrogens (tertiary/aromatic N) is 2. The molecule has 1 aliphatic rings. The van der Waals surface area contributed by atoms with Gasteiger partial charge in [0.15, 0.2) is 0 Å². The van der Waals surface area contributed by atoms with Crippen molar-refractivity contribution in [3.8, 4) is 0 Å². The molecule has 0 bridgehead atoms. The van der Waals surface area contributed by atoms with Crippen LogP contribution >= 0.6 is 22.9 Å². The quantitative estimate of drug-likeness (QED) is 0.759. The van der Waals surface area contributed by atoms with Gasteiger partial charge < -0.3 is 15.4 Å². The molecule has 2 aromatic heterocycles. The van der Waals surface area contributed by atoms with E-state index in [2.05, 4.69) is 20.6 Å². The van der Waals surface area contributed by atoms with Crippen molar-refractivity contribution in [3.05, 3.63) is 16.7 Å². The lowest BCUT2D eigenvalue weighted by Gasteiger charge is -2.30. The molecule has 2 aromatic rings. The minimum atomic E-state index is -0.341. The molecule has 2 heterocycles. The van der Waals surface area contributed by atoms with E-state index in [1.54, 1.807) is 11.3 Å². The minimum absolute atomic E-state index is 0.0313. The number of fused-ring (bicyclic) bond motifs is 1. The van der Waals surface area contributed by atoms with Crippen LogP contribution in [0.1, 0.15) is 46.5 Å². The summed E-state index contributed by atoms with van der Waals surface area (Å²) in [5.74, 6) is 0.792. The molecule has 136 valence electrons. The van der Waals surface area contributed by atoms with Crippen molar-refractivity contribution in [2.45, 2.75) is 64.1 Å². The number of alkyl carbamates (subject to hydrolysis) is 1. The first-order valence-electron chi connectivity index (χ1n) is 8.46. The van der Waals surface area contributed by atoms with E-state index in [0.29, 0.717) is 6.04 Å². The van der Waals surface area contributed by atoms with Crippen molar-refractivity contribution in [1.29, 1.82) is 0 Å². The Kier molecular flexibility index (Phi) is 5.34. The average Bonchev–Trinajstić information content (AvgIpc) is 2.95. The Morgan fingerprint density at radius 3 is 2.68 bits per heavy atom. The molecule has 0 atom stereocenters. The standard InChI is InChI=1S/C17H23ClN4O2S/c1-17(2,3)22-16(23)24-11-6-4-10(5-7-11)19-14-13-12(8-9-25-13)20-15(18)21-14/h8-11H,4-7H2,1-3H3,(H,22,23)(H,19,20,21)/t10-,11+. The van der Waals surface area contributed by atoms with Crippen LogP contribution in [0.4, 0.5) is 10.6 Å². The predicted octanol–water partition coefficient (Wildman–Crippen LogP) is 4.59. The van der Waals surface area contributed by atoms with Gasteiger partial charge in [0.25, 0.3) is 0 Å². The van der Waals surface area contributed by atoms with Crippen molar-refractivity contribution in [2.75, 3.05) is 5.32 Å². The molecule has 0 aliphatic heterocycles. The van der Waals surface area contributed by atoms with E-state index >= 15 is 0 Å². The Hall–Kier alpha value is -1.60. The van der Waals surface area contributed by atoms with Gasteiger partial charge in [-0.1, -0.05) is 0 Å². The number of carbonyl (C=O) groups is 1. The lowest BCUT2D eigenvalue weighted by atomic mass is 9.93. The van der Waals surface area contributed by atoms with Crippen LogP contribution in [0.5, 0.6) is 0 Å². The molecule has 6 nitrogen and oxygen atoms in total. The van der Waals surface area contributed by atoms with Gasteiger partial charge in [-0.15, -0.1) is 11.3 Å². The molecule has 1 aliphatic carbocycles. The van der Waals surface area contributed by atoms with E-state index in [-0.39, 0.29) is 23.0 Å². The molecule has 25 heavy (non-hydrogen) atoms. The van der Waals surface area contributed by atoms with Crippen LogP contribution in [0, 0.1) is 0 Å². The minimum Gasteiger partial charge on any atom is -0.446 e. The highest BCUT2D eigenvalue weighted by Crippen LogP contribution is 2.30. The van der Waals surface area contributed by atoms with Crippen LogP contribution in [0.3, 0.4) is 0 Å². The number of hydrogen-bond acceptors (Lipinski definition) is 6. The number of carbonyl (C=O) groups excluding carboxylic acids is 1. The molecule has 0 saturated heterocycles. The van der Waals surface area contributed by atoms with Crippen molar-refractivity contribution in [1.82, 2.24) is 15.3 Å². The number of nitrogens with one attached hydrogen (secondary N) is 2. The number of hydrogen-bond donors (Lipinski definition) is 2. The number of anilines is 1. The van der Waals surface area contributed by atoms with Crippen molar-refractivity contribution in [2.24, 2.45) is 0 Å². The second-order valence-electron chi connectivity index (χ2n) is 7.37. The molecule has 1 saturated carbocycles. The molecule has 0 spiro atoms. The maximum Gasteiger partial charge on any atom is 0.407 e. The Morgan fingerprint density at radius 1 is 1.28 bits per heavy atom. The monoisotopic (exact) mass is 382 g/mol. The highest BCUT2D eigenvalue weighted by atomic mass is 35.5. The second kappa shape index (κ2) is 7.33. The Balaban J connectivity index is 1.54. The third kappa shape index (κ3) is 4.95. The van der Waals surface area contributed by atoms with Gasteiger partial charge >= 0.3 is 6.09 Å². The van der Waals surface area contributed by atoms with E-state index in [1.165, 1.54) is 0 Å². The van der Waals surface area contributed by atoms with E-state index in [4.69, 9.17) is 16.3 Å². The summed E-state index contributed by atoms with van der Waals surface area (Å²) >= 11 is 7.61. The summed E-state index contributed by atoms with van der Waals surface area (Å²) in [6.45, 7) is 5.81. The maximum atomic E-state index is 11.9. The van der Waals surface area contributed by atoms with E-state index in [1.807, 2.05) is 32.2 Å². The number of thiophene rings is 1. The Bertz CT molecular complexity index is 751. The third-order valence-electron chi connectivity index (χ3n) is 4.04. The Morgan fingerprint density at radius 2 is 2.00 bits per heavy atom. The zero-order valence-corrected chi connectivity index (χ0v) is 16.2. The number of amides is 1. The fraction of sp³-hybridized carbons (Fsp3) is 0.588. The summed E-state index contributed by atoms with van der Waals surface area (Å²) in [7, 11) is 0. The normalized spacial score (nSPS) is 21.1. The number of ether oxygens (including phenoxy) is 1. The van der Waals surface area contributed by atoms with Gasteiger partial charge in [-0.25, -0.2) is 9.78 Å². The van der Waals surface area contributed by atoms with Crippen molar-refractivity contribution in [3.63, 3.8) is 0 Å². The molecular formula is C17H23ClN4O2S. The molecule has 3 rings (SSSR count). The van der Waals surface area contributed by atoms with Crippen LogP contribution in [0.2, 0.25) is 5.28 Å². The number of halogens is 1. The average molecular weight is 383 g/mol. The van der Waals surface area contributed by atoms with E-state index in [0.717, 1.165) is 41.7 Å². The van der Waals surface area contributed by atoms with Crippen LogP contribution in [-0.4, -0.2) is 33.7 Å². The van der Waals surface area contributed by atoms with E-state index < -0.39 is 0 Å². The van der Waals surface area contributed by atoms with Gasteiger partial charge in [0.1, 0.15) is 11.9 Å². The number of aromatic nitrogens is 2. The van der Waals surface area contributed by atoms with Crippen LogP contribution in [-0.2, 0) is 4.74 Å². The Labute approximate surface area is 156 Å². The summed E-state index contributed by atoms with van der Waals surface area (Å²) in [6.07, 6.45) is 3.13. The summed E-state index contributed by atoms with van der Waals surface area (Å²) in [6, 6.07) is 2.24. The van der Waals surface area contributed by atoms with E-state index in [9.17, 15) is 4.79 Å². The van der Waals surface area contributed by atoms with Gasteiger partial charge in [0.05, 0.1) is 10.2 Å². The zero-order chi connectivity index (χ0) is 18.0. The fourth-order valence-electron chi connectivity index (χ4n) is 2.94. The fourth-order valence-corrected chi connectivity index (χ4v) is 3.90. The molecule has 8 heteroatoms. The van der Waals surface area contributed by atoms with Crippen LogP contribution in [0.15, 0.2) is 11.4 Å². The topological polar surface area (TPSA) is 76.1 Å². The first-order chi connectivity index (χ1) is 11.8. The lowest BCUT2D eigenvalue weighted by Crippen LogP contribution is -2.43. The van der Waals surface area contributed by atoms with Crippen LogP contribution < -0.4 is 10.6 Å². The maximum absolute atomic E-state index is 11.9. The first kappa shape index (κ1) is 18.2. The highest BCUT2D eigenvalue weighted by molar-refractivity contribution is 7.17. The molecule has 1 fully saturated rings. The van der Waals surface area contributed by atoms with Gasteiger partial charge in [-0.05, 0) is 69.5 Å². The first-order valence-corrected chi connectivity index (χ1v) is 9.72.